The van der Waals surface area contributed by atoms with Crippen molar-refractivity contribution in [3.05, 3.63) is 54.0 Å². The lowest BCUT2D eigenvalue weighted by molar-refractivity contribution is -0.119. The lowest BCUT2D eigenvalue weighted by Gasteiger charge is -2.15. The maximum Gasteiger partial charge on any atom is 0.374 e. The van der Waals surface area contributed by atoms with Gasteiger partial charge in [0, 0.05) is 6.04 Å². The van der Waals surface area contributed by atoms with Gasteiger partial charge >= 0.3 is 5.97 Å². The summed E-state index contributed by atoms with van der Waals surface area (Å²) in [4.78, 5) is 36.2. The van der Waals surface area contributed by atoms with Gasteiger partial charge in [-0.3, -0.25) is 9.59 Å². The van der Waals surface area contributed by atoms with Crippen LogP contribution in [0.4, 0.5) is 5.69 Å². The van der Waals surface area contributed by atoms with Crippen molar-refractivity contribution in [2.75, 3.05) is 11.9 Å². The van der Waals surface area contributed by atoms with Crippen molar-refractivity contribution in [3.8, 4) is 0 Å². The molecule has 3 rings (SSSR count). The second kappa shape index (κ2) is 8.33. The number of hydrogen-bond donors (Lipinski definition) is 2. The van der Waals surface area contributed by atoms with Gasteiger partial charge in [-0.1, -0.05) is 25.0 Å². The summed E-state index contributed by atoms with van der Waals surface area (Å²) in [6, 6.07) is 9.91. The molecule has 0 aliphatic heterocycles. The molecule has 7 heteroatoms. The molecule has 1 aliphatic rings. The Hall–Kier alpha value is -3.09. The zero-order valence-electron chi connectivity index (χ0n) is 14.2. The second-order valence-electron chi connectivity index (χ2n) is 6.10. The highest BCUT2D eigenvalue weighted by Gasteiger charge is 2.20. The molecular weight excluding hydrogens is 336 g/mol. The van der Waals surface area contributed by atoms with Crippen molar-refractivity contribution in [1.29, 1.82) is 0 Å². The zero-order chi connectivity index (χ0) is 18.4. The number of hydrogen-bond acceptors (Lipinski definition) is 5. The number of esters is 1. The molecule has 1 aromatic carbocycles. The molecule has 0 saturated heterocycles. The Balaban J connectivity index is 1.57. The summed E-state index contributed by atoms with van der Waals surface area (Å²) in [5.74, 6) is -1.46. The van der Waals surface area contributed by atoms with Gasteiger partial charge < -0.3 is 19.8 Å². The third-order valence-corrected chi connectivity index (χ3v) is 4.19. The molecule has 0 atom stereocenters. The molecule has 2 amide bonds. The molecule has 0 radical (unpaired) electrons. The average molecular weight is 356 g/mol. The Morgan fingerprint density at radius 1 is 1.08 bits per heavy atom. The number of carbonyl (C=O) groups excluding carboxylic acids is 3. The average Bonchev–Trinajstić information content (AvgIpc) is 3.34. The maximum atomic E-state index is 12.5. The van der Waals surface area contributed by atoms with E-state index in [1.165, 1.54) is 12.3 Å². The van der Waals surface area contributed by atoms with E-state index in [0.717, 1.165) is 25.7 Å². The van der Waals surface area contributed by atoms with Crippen LogP contribution in [0.25, 0.3) is 0 Å². The largest absolute Gasteiger partial charge is 0.457 e. The Kier molecular flexibility index (Phi) is 5.68. The number of furan rings is 1. The van der Waals surface area contributed by atoms with Gasteiger partial charge in [-0.05, 0) is 37.1 Å². The Morgan fingerprint density at radius 2 is 1.85 bits per heavy atom. The van der Waals surface area contributed by atoms with Gasteiger partial charge in [0.1, 0.15) is 0 Å². The fourth-order valence-electron chi connectivity index (χ4n) is 2.91. The summed E-state index contributed by atoms with van der Waals surface area (Å²) in [7, 11) is 0. The number of amides is 2. The summed E-state index contributed by atoms with van der Waals surface area (Å²) >= 11 is 0. The van der Waals surface area contributed by atoms with Crippen LogP contribution >= 0.6 is 0 Å². The summed E-state index contributed by atoms with van der Waals surface area (Å²) in [6.45, 7) is -0.474. The Morgan fingerprint density at radius 3 is 2.58 bits per heavy atom. The second-order valence-corrected chi connectivity index (χ2v) is 6.10. The van der Waals surface area contributed by atoms with Crippen LogP contribution in [-0.4, -0.2) is 30.4 Å². The summed E-state index contributed by atoms with van der Waals surface area (Å²) < 4.78 is 9.78. The van der Waals surface area contributed by atoms with Crippen molar-refractivity contribution in [3.63, 3.8) is 0 Å². The lowest BCUT2D eigenvalue weighted by atomic mass is 10.1. The van der Waals surface area contributed by atoms with Crippen LogP contribution in [0.2, 0.25) is 0 Å². The van der Waals surface area contributed by atoms with E-state index in [1.54, 1.807) is 30.3 Å². The fraction of sp³-hybridized carbons (Fsp3) is 0.316. The van der Waals surface area contributed by atoms with E-state index in [1.807, 2.05) is 0 Å². The summed E-state index contributed by atoms with van der Waals surface area (Å²) in [6.07, 6.45) is 5.52. The number of benzene rings is 1. The number of ether oxygens (including phenoxy) is 1. The van der Waals surface area contributed by atoms with Crippen LogP contribution < -0.4 is 10.6 Å². The molecule has 1 fully saturated rings. The molecule has 0 bridgehead atoms. The van der Waals surface area contributed by atoms with Gasteiger partial charge in [-0.15, -0.1) is 0 Å². The first-order valence-corrected chi connectivity index (χ1v) is 8.54. The maximum absolute atomic E-state index is 12.5. The molecule has 0 unspecified atom stereocenters. The molecule has 136 valence electrons. The molecule has 1 aromatic heterocycles. The van der Waals surface area contributed by atoms with Crippen molar-refractivity contribution in [2.24, 2.45) is 0 Å². The van der Waals surface area contributed by atoms with Crippen molar-refractivity contribution < 1.29 is 23.5 Å². The number of carbonyl (C=O) groups is 3. The van der Waals surface area contributed by atoms with E-state index in [0.29, 0.717) is 11.3 Å². The molecule has 1 saturated carbocycles. The van der Waals surface area contributed by atoms with Crippen molar-refractivity contribution in [1.82, 2.24) is 5.32 Å². The van der Waals surface area contributed by atoms with Crippen LogP contribution in [0.15, 0.2) is 47.1 Å². The van der Waals surface area contributed by atoms with Gasteiger partial charge in [-0.2, -0.15) is 0 Å². The quantitative estimate of drug-likeness (QED) is 0.776. The van der Waals surface area contributed by atoms with E-state index in [-0.39, 0.29) is 17.7 Å². The third-order valence-electron chi connectivity index (χ3n) is 4.19. The molecule has 2 aromatic rings. The predicted octanol–water partition coefficient (Wildman–Crippen LogP) is 2.75. The monoisotopic (exact) mass is 356 g/mol. The van der Waals surface area contributed by atoms with E-state index in [2.05, 4.69) is 10.6 Å². The van der Waals surface area contributed by atoms with Gasteiger partial charge in [-0.25, -0.2) is 4.79 Å². The molecule has 7 nitrogen and oxygen atoms in total. The summed E-state index contributed by atoms with van der Waals surface area (Å²) in [5, 5.41) is 5.60. The summed E-state index contributed by atoms with van der Waals surface area (Å²) in [5.41, 5.74) is 0.757. The number of rotatable bonds is 6. The van der Waals surface area contributed by atoms with Crippen LogP contribution in [0.3, 0.4) is 0 Å². The smallest absolute Gasteiger partial charge is 0.374 e. The zero-order valence-corrected chi connectivity index (χ0v) is 14.2. The molecule has 26 heavy (non-hydrogen) atoms. The highest BCUT2D eigenvalue weighted by Crippen LogP contribution is 2.20. The van der Waals surface area contributed by atoms with E-state index >= 15 is 0 Å². The SMILES string of the molecule is O=C(COC(=O)c1ccco1)Nc1ccccc1C(=O)NC1CCCC1. The standard InChI is InChI=1S/C19H20N2O5/c22-17(12-26-19(24)16-10-5-11-25-16)21-15-9-4-3-8-14(15)18(23)20-13-6-1-2-7-13/h3-5,8-11,13H,1-2,6-7,12H2,(H,20,23)(H,21,22). The van der Waals surface area contributed by atoms with E-state index in [4.69, 9.17) is 9.15 Å². The van der Waals surface area contributed by atoms with Crippen LogP contribution in [0, 0.1) is 0 Å². The van der Waals surface area contributed by atoms with Crippen molar-refractivity contribution >= 4 is 23.5 Å². The minimum Gasteiger partial charge on any atom is -0.457 e. The van der Waals surface area contributed by atoms with Crippen molar-refractivity contribution in [2.45, 2.75) is 31.7 Å². The molecular formula is C19H20N2O5. The first kappa shape index (κ1) is 17.7. The first-order chi connectivity index (χ1) is 12.6. The molecule has 0 spiro atoms. The number of para-hydroxylation sites is 1. The number of anilines is 1. The van der Waals surface area contributed by atoms with E-state index < -0.39 is 18.5 Å². The topological polar surface area (TPSA) is 97.6 Å². The van der Waals surface area contributed by atoms with E-state index in [9.17, 15) is 14.4 Å². The fourth-order valence-corrected chi connectivity index (χ4v) is 2.91. The highest BCUT2D eigenvalue weighted by molar-refractivity contribution is 6.04. The Labute approximate surface area is 150 Å². The molecule has 2 N–H and O–H groups in total. The molecule has 1 aliphatic carbocycles. The Bertz CT molecular complexity index is 779. The minimum atomic E-state index is -0.725. The predicted molar refractivity (Wildman–Crippen MR) is 93.8 cm³/mol. The van der Waals surface area contributed by atoms with Gasteiger partial charge in [0.15, 0.2) is 6.61 Å². The van der Waals surface area contributed by atoms with Crippen LogP contribution in [0.1, 0.15) is 46.6 Å². The third kappa shape index (κ3) is 4.50. The lowest BCUT2D eigenvalue weighted by Crippen LogP contribution is -2.33. The minimum absolute atomic E-state index is 0.0224. The van der Waals surface area contributed by atoms with Gasteiger partial charge in [0.2, 0.25) is 5.76 Å². The van der Waals surface area contributed by atoms with Gasteiger partial charge in [0.05, 0.1) is 17.5 Å². The van der Waals surface area contributed by atoms with Crippen LogP contribution in [-0.2, 0) is 9.53 Å². The van der Waals surface area contributed by atoms with Crippen LogP contribution in [0.5, 0.6) is 0 Å². The molecule has 1 heterocycles. The normalized spacial score (nSPS) is 14.0. The number of nitrogens with one attached hydrogen (secondary N) is 2. The highest BCUT2D eigenvalue weighted by atomic mass is 16.5. The van der Waals surface area contributed by atoms with Gasteiger partial charge in [0.25, 0.3) is 11.8 Å². The first-order valence-electron chi connectivity index (χ1n) is 8.54.